The van der Waals surface area contributed by atoms with Crippen LogP contribution in [0.15, 0.2) is 59.8 Å². The van der Waals surface area contributed by atoms with Crippen molar-refractivity contribution in [2.45, 2.75) is 30.8 Å². The minimum Gasteiger partial charge on any atom is -0.342 e. The lowest BCUT2D eigenvalue weighted by atomic mass is 10.1. The monoisotopic (exact) mass is 389 g/mol. The molecule has 4 nitrogen and oxygen atoms in total. The summed E-state index contributed by atoms with van der Waals surface area (Å²) in [6, 6.07) is 16.0. The summed E-state index contributed by atoms with van der Waals surface area (Å²) in [6.45, 7) is 2.19. The molecule has 0 aliphatic carbocycles. The highest BCUT2D eigenvalue weighted by molar-refractivity contribution is 8.00. The molecule has 0 aliphatic rings. The van der Waals surface area contributed by atoms with Gasteiger partial charge in [0.2, 0.25) is 5.91 Å². The number of para-hydroxylation sites is 2. The van der Waals surface area contributed by atoms with Gasteiger partial charge in [0.05, 0.1) is 11.0 Å². The predicted octanol–water partition coefficient (Wildman–Crippen LogP) is 5.13. The lowest BCUT2D eigenvalue weighted by Crippen LogP contribution is -2.34. The number of carbonyl (C=O) groups is 1. The molecule has 0 saturated carbocycles. The molecule has 0 aliphatic heterocycles. The molecule has 27 heavy (non-hydrogen) atoms. The van der Waals surface area contributed by atoms with Crippen LogP contribution in [0, 0.1) is 0 Å². The molecular formula is C20H21F2N3OS. The van der Waals surface area contributed by atoms with Crippen molar-refractivity contribution in [3.63, 3.8) is 0 Å². The average Bonchev–Trinajstić information content (AvgIpc) is 3.06. The largest absolute Gasteiger partial charge is 0.342 e. The van der Waals surface area contributed by atoms with Gasteiger partial charge in [-0.2, -0.15) is 8.78 Å². The van der Waals surface area contributed by atoms with Crippen molar-refractivity contribution in [3.05, 3.63) is 60.2 Å². The van der Waals surface area contributed by atoms with E-state index in [0.29, 0.717) is 24.1 Å². The summed E-state index contributed by atoms with van der Waals surface area (Å²) in [4.78, 5) is 19.2. The molecule has 142 valence electrons. The second-order valence-corrected chi connectivity index (χ2v) is 7.02. The van der Waals surface area contributed by atoms with Crippen molar-refractivity contribution >= 4 is 28.7 Å². The van der Waals surface area contributed by atoms with Crippen molar-refractivity contribution in [1.82, 2.24) is 14.5 Å². The zero-order valence-corrected chi connectivity index (χ0v) is 16.0. The smallest absolute Gasteiger partial charge is 0.321 e. The number of thioether (sulfide) groups is 1. The summed E-state index contributed by atoms with van der Waals surface area (Å²) >= 11 is 1.07. The maximum absolute atomic E-state index is 13.7. The van der Waals surface area contributed by atoms with E-state index in [1.807, 2.05) is 44.2 Å². The lowest BCUT2D eigenvalue weighted by Gasteiger charge is -2.25. The second-order valence-electron chi connectivity index (χ2n) is 5.95. The van der Waals surface area contributed by atoms with E-state index in [1.54, 1.807) is 29.2 Å². The highest BCUT2D eigenvalue weighted by Crippen LogP contribution is 2.39. The van der Waals surface area contributed by atoms with Crippen LogP contribution in [0.5, 0.6) is 0 Å². The van der Waals surface area contributed by atoms with E-state index in [0.717, 1.165) is 21.9 Å². The molecule has 0 fully saturated rings. The van der Waals surface area contributed by atoms with Gasteiger partial charge < -0.3 is 4.90 Å². The van der Waals surface area contributed by atoms with Crippen LogP contribution in [-0.4, -0.2) is 33.4 Å². The Morgan fingerprint density at radius 2 is 1.70 bits per heavy atom. The van der Waals surface area contributed by atoms with Crippen molar-refractivity contribution in [3.8, 4) is 0 Å². The fraction of sp³-hybridized carbons (Fsp3) is 0.300. The van der Waals surface area contributed by atoms with Gasteiger partial charge in [-0.3, -0.25) is 9.36 Å². The van der Waals surface area contributed by atoms with Gasteiger partial charge in [-0.05, 0) is 31.5 Å². The number of carbonyl (C=O) groups excluding carboxylic acids is 1. The molecule has 0 saturated heterocycles. The Balaban J connectivity index is 2.06. The molecule has 1 amide bonds. The maximum Gasteiger partial charge on any atom is 0.321 e. The summed E-state index contributed by atoms with van der Waals surface area (Å²) in [6.07, 6.45) is 0. The number of fused-ring (bicyclic) bond motifs is 1. The van der Waals surface area contributed by atoms with Crippen LogP contribution in [-0.2, 0) is 4.79 Å². The molecule has 0 N–H and O–H groups in total. The molecule has 1 heterocycles. The van der Waals surface area contributed by atoms with Crippen LogP contribution >= 0.6 is 11.8 Å². The van der Waals surface area contributed by atoms with Crippen molar-refractivity contribution in [2.24, 2.45) is 0 Å². The normalized spacial score (nSPS) is 12.5. The summed E-state index contributed by atoms with van der Waals surface area (Å²) in [5, 5.41) is -0.499. The predicted molar refractivity (Wildman–Crippen MR) is 104 cm³/mol. The van der Waals surface area contributed by atoms with Gasteiger partial charge in [-0.1, -0.05) is 54.2 Å². The highest BCUT2D eigenvalue weighted by Gasteiger charge is 2.29. The summed E-state index contributed by atoms with van der Waals surface area (Å²) < 4.78 is 28.4. The first kappa shape index (κ1) is 19.4. The van der Waals surface area contributed by atoms with E-state index >= 15 is 0 Å². The zero-order chi connectivity index (χ0) is 19.4. The van der Waals surface area contributed by atoms with E-state index in [2.05, 4.69) is 4.98 Å². The molecular weight excluding hydrogens is 368 g/mol. The van der Waals surface area contributed by atoms with Crippen molar-refractivity contribution < 1.29 is 13.6 Å². The molecule has 1 aromatic heterocycles. The molecule has 1 atom stereocenters. The molecule has 0 unspecified atom stereocenters. The number of likely N-dealkylation sites (N-methyl/N-ethyl adjacent to an activating group) is 1. The van der Waals surface area contributed by atoms with E-state index < -0.39 is 11.8 Å². The Labute approximate surface area is 161 Å². The lowest BCUT2D eigenvalue weighted by molar-refractivity contribution is -0.130. The second kappa shape index (κ2) is 8.52. The summed E-state index contributed by atoms with van der Waals surface area (Å²) in [5.41, 5.74) is 1.62. The van der Waals surface area contributed by atoms with Gasteiger partial charge in [0.15, 0.2) is 5.16 Å². The average molecular weight is 389 g/mol. The number of benzene rings is 2. The number of halogens is 2. The van der Waals surface area contributed by atoms with E-state index in [-0.39, 0.29) is 11.1 Å². The van der Waals surface area contributed by atoms with Gasteiger partial charge in [-0.15, -0.1) is 0 Å². The summed E-state index contributed by atoms with van der Waals surface area (Å²) in [5.74, 6) is -0.107. The minimum atomic E-state index is -2.74. The third-order valence-electron chi connectivity index (χ3n) is 4.38. The van der Waals surface area contributed by atoms with Crippen LogP contribution in [0.4, 0.5) is 8.78 Å². The molecule has 0 radical (unpaired) electrons. The Bertz CT molecular complexity index is 910. The van der Waals surface area contributed by atoms with Crippen LogP contribution < -0.4 is 0 Å². The Morgan fingerprint density at radius 1 is 1.07 bits per heavy atom. The maximum atomic E-state index is 13.7. The van der Waals surface area contributed by atoms with Gasteiger partial charge in [0.25, 0.3) is 0 Å². The third kappa shape index (κ3) is 3.98. The molecule has 3 aromatic rings. The van der Waals surface area contributed by atoms with Gasteiger partial charge in [0, 0.05) is 13.1 Å². The van der Waals surface area contributed by atoms with Crippen molar-refractivity contribution in [1.29, 1.82) is 0 Å². The quantitative estimate of drug-likeness (QED) is 0.526. The van der Waals surface area contributed by atoms with E-state index in [1.165, 1.54) is 0 Å². The standard InChI is InChI=1S/C20H21F2N3OS/c1-3-24(4-2)18(26)17(14-10-6-5-7-11-14)27-20-23-15-12-8-9-13-16(15)25(20)19(21)22/h5-13,17,19H,3-4H2,1-2H3/t17-/m0/s1. The topological polar surface area (TPSA) is 38.1 Å². The number of hydrogen-bond acceptors (Lipinski definition) is 3. The molecule has 2 aromatic carbocycles. The number of nitrogens with zero attached hydrogens (tertiary/aromatic N) is 3. The first-order chi connectivity index (χ1) is 13.1. The number of amides is 1. The van der Waals surface area contributed by atoms with E-state index in [9.17, 15) is 13.6 Å². The van der Waals surface area contributed by atoms with Crippen LogP contribution in [0.3, 0.4) is 0 Å². The minimum absolute atomic E-state index is 0.107. The number of hydrogen-bond donors (Lipinski definition) is 0. The molecule has 0 bridgehead atoms. The molecule has 3 rings (SSSR count). The first-order valence-electron chi connectivity index (χ1n) is 8.82. The Hall–Kier alpha value is -2.41. The fourth-order valence-electron chi connectivity index (χ4n) is 2.99. The molecule has 7 heteroatoms. The van der Waals surface area contributed by atoms with Gasteiger partial charge >= 0.3 is 6.55 Å². The number of alkyl halides is 2. The fourth-order valence-corrected chi connectivity index (χ4v) is 4.19. The van der Waals surface area contributed by atoms with Gasteiger partial charge in [0.1, 0.15) is 5.25 Å². The highest BCUT2D eigenvalue weighted by atomic mass is 32.2. The number of imidazole rings is 1. The SMILES string of the molecule is CCN(CC)C(=O)[C@@H](Sc1nc2ccccc2n1C(F)F)c1ccccc1. The Kier molecular flexibility index (Phi) is 6.11. The Morgan fingerprint density at radius 3 is 2.33 bits per heavy atom. The van der Waals surface area contributed by atoms with Crippen LogP contribution in [0.25, 0.3) is 11.0 Å². The van der Waals surface area contributed by atoms with Crippen molar-refractivity contribution in [2.75, 3.05) is 13.1 Å². The summed E-state index contributed by atoms with van der Waals surface area (Å²) in [7, 11) is 0. The first-order valence-corrected chi connectivity index (χ1v) is 9.70. The van der Waals surface area contributed by atoms with E-state index in [4.69, 9.17) is 0 Å². The number of aromatic nitrogens is 2. The zero-order valence-electron chi connectivity index (χ0n) is 15.2. The number of rotatable bonds is 7. The van der Waals surface area contributed by atoms with Crippen LogP contribution in [0.1, 0.15) is 31.2 Å². The van der Waals surface area contributed by atoms with Crippen LogP contribution in [0.2, 0.25) is 0 Å². The molecule has 0 spiro atoms. The van der Waals surface area contributed by atoms with Gasteiger partial charge in [-0.25, -0.2) is 4.98 Å². The third-order valence-corrected chi connectivity index (χ3v) is 5.59.